The average Bonchev–Trinajstić information content (AvgIpc) is 2.55. The molecule has 0 amide bonds. The number of benzene rings is 1. The first-order valence-corrected chi connectivity index (χ1v) is 8.04. The highest BCUT2D eigenvalue weighted by Crippen LogP contribution is 2.19. The molecular formula is C17H24N6. The molecule has 1 aromatic heterocycles. The molecule has 3 rings (SSSR count). The largest absolute Gasteiger partial charge is 0.368 e. The molecule has 0 atom stereocenters. The first-order valence-electron chi connectivity index (χ1n) is 8.04. The smallest absolute Gasteiger partial charge is 0.245 e. The number of hydrogen-bond donors (Lipinski definition) is 1. The minimum atomic E-state index is -0.0771. The van der Waals surface area contributed by atoms with Crippen molar-refractivity contribution in [3.63, 3.8) is 0 Å². The number of anilines is 3. The van der Waals surface area contributed by atoms with Crippen LogP contribution in [0.3, 0.4) is 0 Å². The Bertz CT molecular complexity index is 629. The summed E-state index contributed by atoms with van der Waals surface area (Å²) in [4.78, 5) is 9.27. The van der Waals surface area contributed by atoms with E-state index in [-0.39, 0.29) is 5.54 Å². The monoisotopic (exact) mass is 312 g/mol. The molecule has 0 spiro atoms. The molecule has 6 nitrogen and oxygen atoms in total. The summed E-state index contributed by atoms with van der Waals surface area (Å²) >= 11 is 0. The summed E-state index contributed by atoms with van der Waals surface area (Å²) in [6.45, 7) is 10.1. The number of rotatable bonds is 3. The Balaban J connectivity index is 1.65. The van der Waals surface area contributed by atoms with Gasteiger partial charge in [-0.25, -0.2) is 0 Å². The van der Waals surface area contributed by atoms with Crippen LogP contribution in [-0.4, -0.2) is 46.9 Å². The number of hydrogen-bond acceptors (Lipinski definition) is 6. The Labute approximate surface area is 137 Å². The van der Waals surface area contributed by atoms with Crippen LogP contribution in [0.4, 0.5) is 17.5 Å². The Morgan fingerprint density at radius 2 is 1.61 bits per heavy atom. The van der Waals surface area contributed by atoms with E-state index in [1.165, 1.54) is 5.69 Å². The van der Waals surface area contributed by atoms with Gasteiger partial charge in [-0.3, -0.25) is 0 Å². The molecule has 0 unspecified atom stereocenters. The maximum atomic E-state index is 4.60. The van der Waals surface area contributed by atoms with Gasteiger partial charge in [-0.1, -0.05) is 18.2 Å². The molecule has 2 aromatic rings. The van der Waals surface area contributed by atoms with Gasteiger partial charge in [0, 0.05) is 37.4 Å². The minimum absolute atomic E-state index is 0.0771. The van der Waals surface area contributed by atoms with Gasteiger partial charge in [0.05, 0.1) is 6.20 Å². The van der Waals surface area contributed by atoms with E-state index < -0.39 is 0 Å². The van der Waals surface area contributed by atoms with E-state index in [1.54, 1.807) is 6.20 Å². The van der Waals surface area contributed by atoms with Crippen molar-refractivity contribution in [3.05, 3.63) is 36.5 Å². The predicted molar refractivity (Wildman–Crippen MR) is 94.1 cm³/mol. The van der Waals surface area contributed by atoms with Gasteiger partial charge in [0.15, 0.2) is 5.82 Å². The minimum Gasteiger partial charge on any atom is -0.368 e. The zero-order valence-electron chi connectivity index (χ0n) is 14.0. The molecule has 0 saturated carbocycles. The van der Waals surface area contributed by atoms with Crippen molar-refractivity contribution in [2.75, 3.05) is 41.3 Å². The number of nitrogens with one attached hydrogen (secondary N) is 1. The van der Waals surface area contributed by atoms with Crippen molar-refractivity contribution >= 4 is 17.5 Å². The van der Waals surface area contributed by atoms with E-state index in [9.17, 15) is 0 Å². The van der Waals surface area contributed by atoms with Crippen LogP contribution in [0, 0.1) is 0 Å². The predicted octanol–water partition coefficient (Wildman–Crippen LogP) is 2.41. The second-order valence-corrected chi connectivity index (χ2v) is 6.82. The molecule has 0 radical (unpaired) electrons. The fourth-order valence-corrected chi connectivity index (χ4v) is 2.67. The highest BCUT2D eigenvalue weighted by molar-refractivity contribution is 5.49. The maximum Gasteiger partial charge on any atom is 0.245 e. The molecule has 1 aliphatic rings. The van der Waals surface area contributed by atoms with E-state index in [1.807, 2.05) is 0 Å². The average molecular weight is 312 g/mol. The lowest BCUT2D eigenvalue weighted by molar-refractivity contribution is 0.617. The fourth-order valence-electron chi connectivity index (χ4n) is 2.67. The van der Waals surface area contributed by atoms with Gasteiger partial charge >= 0.3 is 0 Å². The lowest BCUT2D eigenvalue weighted by atomic mass is 10.1. The molecule has 1 saturated heterocycles. The molecule has 1 aliphatic heterocycles. The van der Waals surface area contributed by atoms with Gasteiger partial charge in [-0.05, 0) is 32.9 Å². The molecular weight excluding hydrogens is 288 g/mol. The van der Waals surface area contributed by atoms with Gasteiger partial charge in [0.25, 0.3) is 0 Å². The second kappa shape index (κ2) is 6.40. The summed E-state index contributed by atoms with van der Waals surface area (Å²) in [5.41, 5.74) is 1.20. The van der Waals surface area contributed by atoms with Crippen molar-refractivity contribution in [2.45, 2.75) is 26.3 Å². The molecule has 6 heteroatoms. The highest BCUT2D eigenvalue weighted by Gasteiger charge is 2.19. The molecule has 2 heterocycles. The Hall–Kier alpha value is -2.37. The van der Waals surface area contributed by atoms with Crippen LogP contribution >= 0.6 is 0 Å². The topological polar surface area (TPSA) is 57.2 Å². The van der Waals surface area contributed by atoms with Crippen molar-refractivity contribution in [1.82, 2.24) is 15.2 Å². The van der Waals surface area contributed by atoms with Crippen LogP contribution in [-0.2, 0) is 0 Å². The van der Waals surface area contributed by atoms with E-state index in [0.717, 1.165) is 32.0 Å². The first-order chi connectivity index (χ1) is 11.0. The Morgan fingerprint density at radius 3 is 2.26 bits per heavy atom. The first kappa shape index (κ1) is 15.5. The number of nitrogens with zero attached hydrogens (tertiary/aromatic N) is 5. The summed E-state index contributed by atoms with van der Waals surface area (Å²) in [5.74, 6) is 1.47. The molecule has 1 aromatic carbocycles. The zero-order valence-corrected chi connectivity index (χ0v) is 14.0. The van der Waals surface area contributed by atoms with Gasteiger partial charge < -0.3 is 15.1 Å². The zero-order chi connectivity index (χ0) is 16.3. The SMILES string of the molecule is CC(C)(C)Nc1nncc(N2CCN(c3ccccc3)CC2)n1. The van der Waals surface area contributed by atoms with Crippen LogP contribution in [0.5, 0.6) is 0 Å². The second-order valence-electron chi connectivity index (χ2n) is 6.82. The molecule has 0 bridgehead atoms. The standard InChI is InChI=1S/C17H24N6/c1-17(2,3)20-16-19-15(13-18-21-16)23-11-9-22(10-12-23)14-7-5-4-6-8-14/h4-8,13H,9-12H2,1-3H3,(H,19,20,21). The third-order valence-electron chi connectivity index (χ3n) is 3.76. The molecule has 0 aliphatic carbocycles. The van der Waals surface area contributed by atoms with Crippen molar-refractivity contribution in [3.8, 4) is 0 Å². The lowest BCUT2D eigenvalue weighted by Gasteiger charge is -2.36. The number of aromatic nitrogens is 3. The van der Waals surface area contributed by atoms with Gasteiger partial charge in [-0.15, -0.1) is 5.10 Å². The van der Waals surface area contributed by atoms with Crippen molar-refractivity contribution < 1.29 is 0 Å². The van der Waals surface area contributed by atoms with Crippen LogP contribution in [0.2, 0.25) is 0 Å². The van der Waals surface area contributed by atoms with Crippen LogP contribution in [0.15, 0.2) is 36.5 Å². The number of para-hydroxylation sites is 1. The molecule has 1 N–H and O–H groups in total. The number of piperazine rings is 1. The maximum absolute atomic E-state index is 4.60. The summed E-state index contributed by atoms with van der Waals surface area (Å²) in [7, 11) is 0. The van der Waals surface area contributed by atoms with E-state index in [4.69, 9.17) is 0 Å². The third kappa shape index (κ3) is 4.09. The summed E-state index contributed by atoms with van der Waals surface area (Å²) in [6, 6.07) is 10.5. The normalized spacial score (nSPS) is 15.6. The van der Waals surface area contributed by atoms with Crippen LogP contribution in [0.25, 0.3) is 0 Å². The fraction of sp³-hybridized carbons (Fsp3) is 0.471. The summed E-state index contributed by atoms with van der Waals surface area (Å²) < 4.78 is 0. The van der Waals surface area contributed by atoms with E-state index in [0.29, 0.717) is 5.95 Å². The van der Waals surface area contributed by atoms with Gasteiger partial charge in [-0.2, -0.15) is 10.1 Å². The van der Waals surface area contributed by atoms with Crippen molar-refractivity contribution in [1.29, 1.82) is 0 Å². The quantitative estimate of drug-likeness (QED) is 0.939. The van der Waals surface area contributed by atoms with Gasteiger partial charge in [0.2, 0.25) is 5.95 Å². The van der Waals surface area contributed by atoms with Crippen molar-refractivity contribution in [2.24, 2.45) is 0 Å². The summed E-state index contributed by atoms with van der Waals surface area (Å²) in [5, 5.41) is 11.4. The summed E-state index contributed by atoms with van der Waals surface area (Å²) in [6.07, 6.45) is 1.74. The van der Waals surface area contributed by atoms with E-state index in [2.05, 4.69) is 81.4 Å². The molecule has 122 valence electrons. The lowest BCUT2D eigenvalue weighted by Crippen LogP contribution is -2.47. The Morgan fingerprint density at radius 1 is 0.957 bits per heavy atom. The van der Waals surface area contributed by atoms with E-state index >= 15 is 0 Å². The molecule has 23 heavy (non-hydrogen) atoms. The Kier molecular flexibility index (Phi) is 4.32. The van der Waals surface area contributed by atoms with Gasteiger partial charge in [0.1, 0.15) is 0 Å². The van der Waals surface area contributed by atoms with Crippen LogP contribution in [0.1, 0.15) is 20.8 Å². The highest BCUT2D eigenvalue weighted by atomic mass is 15.3. The molecule has 1 fully saturated rings. The van der Waals surface area contributed by atoms with Crippen LogP contribution < -0.4 is 15.1 Å². The third-order valence-corrected chi connectivity index (χ3v) is 3.76.